The van der Waals surface area contributed by atoms with Crippen molar-refractivity contribution in [3.05, 3.63) is 89.5 Å². The molecule has 1 saturated heterocycles. The van der Waals surface area contributed by atoms with E-state index in [4.69, 9.17) is 4.74 Å². The topological polar surface area (TPSA) is 125 Å². The van der Waals surface area contributed by atoms with E-state index in [9.17, 15) is 24.3 Å². The van der Waals surface area contributed by atoms with Crippen molar-refractivity contribution in [2.75, 3.05) is 16.8 Å². The lowest BCUT2D eigenvalue weighted by atomic mass is 10.1. The van der Waals surface area contributed by atoms with Crippen LogP contribution in [0.3, 0.4) is 0 Å². The van der Waals surface area contributed by atoms with Crippen LogP contribution in [0.1, 0.15) is 11.1 Å². The first-order chi connectivity index (χ1) is 16.8. The van der Waals surface area contributed by atoms with Gasteiger partial charge < -0.3 is 15.2 Å². The van der Waals surface area contributed by atoms with Crippen molar-refractivity contribution in [2.45, 2.75) is 6.92 Å². The van der Waals surface area contributed by atoms with Crippen LogP contribution < -0.4 is 20.3 Å². The van der Waals surface area contributed by atoms with E-state index in [1.165, 1.54) is 30.3 Å². The minimum Gasteiger partial charge on any atom is -0.508 e. The highest BCUT2D eigenvalue weighted by Crippen LogP contribution is 2.26. The standard InChI is InChI=1S/C26H21N3O6/c1-16-6-8-18(9-7-16)27-23(31)15-35-22-5-3-2-4-17(22)14-21-24(32)28-26(34)29(25(21)33)19-10-12-20(30)13-11-19/h2-14,30H,15H2,1H3,(H,27,31)(H,28,32,34)/b21-14+. The Morgan fingerprint density at radius 1 is 1.00 bits per heavy atom. The molecule has 0 saturated carbocycles. The summed E-state index contributed by atoms with van der Waals surface area (Å²) in [4.78, 5) is 50.9. The second-order valence-electron chi connectivity index (χ2n) is 7.71. The maximum atomic E-state index is 13.0. The Balaban J connectivity index is 1.53. The first kappa shape index (κ1) is 23.2. The second-order valence-corrected chi connectivity index (χ2v) is 7.71. The number of barbiturate groups is 1. The predicted molar refractivity (Wildman–Crippen MR) is 129 cm³/mol. The van der Waals surface area contributed by atoms with E-state index in [1.807, 2.05) is 19.1 Å². The highest BCUT2D eigenvalue weighted by atomic mass is 16.5. The third kappa shape index (κ3) is 5.36. The van der Waals surface area contributed by atoms with E-state index in [2.05, 4.69) is 10.6 Å². The van der Waals surface area contributed by atoms with E-state index in [-0.39, 0.29) is 35.3 Å². The van der Waals surface area contributed by atoms with Crippen LogP contribution in [-0.2, 0) is 14.4 Å². The highest BCUT2D eigenvalue weighted by Gasteiger charge is 2.37. The molecule has 0 aliphatic carbocycles. The van der Waals surface area contributed by atoms with Crippen molar-refractivity contribution >= 4 is 41.2 Å². The molecule has 0 unspecified atom stereocenters. The number of rotatable bonds is 6. The monoisotopic (exact) mass is 471 g/mol. The molecule has 5 amide bonds. The Labute approximate surface area is 200 Å². The van der Waals surface area contributed by atoms with Crippen LogP contribution in [0, 0.1) is 6.92 Å². The van der Waals surface area contributed by atoms with Gasteiger partial charge in [0.25, 0.3) is 17.7 Å². The summed E-state index contributed by atoms with van der Waals surface area (Å²) in [6, 6.07) is 18.4. The summed E-state index contributed by atoms with van der Waals surface area (Å²) in [7, 11) is 0. The lowest BCUT2D eigenvalue weighted by Crippen LogP contribution is -2.54. The van der Waals surface area contributed by atoms with Crippen molar-refractivity contribution in [1.29, 1.82) is 0 Å². The number of carbonyl (C=O) groups excluding carboxylic acids is 4. The molecule has 0 aromatic heterocycles. The molecule has 0 atom stereocenters. The number of nitrogens with zero attached hydrogens (tertiary/aromatic N) is 1. The molecular formula is C26H21N3O6. The summed E-state index contributed by atoms with van der Waals surface area (Å²) in [6.45, 7) is 1.64. The summed E-state index contributed by atoms with van der Waals surface area (Å²) in [5.41, 5.74) is 1.95. The van der Waals surface area contributed by atoms with Crippen molar-refractivity contribution < 1.29 is 29.0 Å². The molecule has 4 rings (SSSR count). The maximum absolute atomic E-state index is 13.0. The Bertz CT molecular complexity index is 1330. The Kier molecular flexibility index (Phi) is 6.59. The molecule has 9 nitrogen and oxygen atoms in total. The lowest BCUT2D eigenvalue weighted by molar-refractivity contribution is -0.122. The van der Waals surface area contributed by atoms with Gasteiger partial charge in [-0.25, -0.2) is 9.69 Å². The van der Waals surface area contributed by atoms with E-state index in [0.717, 1.165) is 10.5 Å². The minimum atomic E-state index is -0.903. The number of imide groups is 2. The maximum Gasteiger partial charge on any atom is 0.335 e. The smallest absolute Gasteiger partial charge is 0.335 e. The highest BCUT2D eigenvalue weighted by molar-refractivity contribution is 6.39. The van der Waals surface area contributed by atoms with Crippen LogP contribution in [0.25, 0.3) is 6.08 Å². The normalized spacial score (nSPS) is 14.6. The fourth-order valence-electron chi connectivity index (χ4n) is 3.36. The Morgan fingerprint density at radius 3 is 2.40 bits per heavy atom. The molecule has 3 N–H and O–H groups in total. The molecule has 0 spiro atoms. The lowest BCUT2D eigenvalue weighted by Gasteiger charge is -2.26. The Morgan fingerprint density at radius 2 is 1.69 bits per heavy atom. The summed E-state index contributed by atoms with van der Waals surface area (Å²) in [5, 5.41) is 14.3. The molecule has 1 fully saturated rings. The molecule has 3 aromatic rings. The molecule has 0 bridgehead atoms. The minimum absolute atomic E-state index is 0.0389. The first-order valence-electron chi connectivity index (χ1n) is 10.6. The number of nitrogens with one attached hydrogen (secondary N) is 2. The molecule has 9 heteroatoms. The van der Waals surface area contributed by atoms with Gasteiger partial charge in [-0.15, -0.1) is 0 Å². The van der Waals surface area contributed by atoms with Gasteiger partial charge in [-0.3, -0.25) is 19.7 Å². The molecule has 35 heavy (non-hydrogen) atoms. The van der Waals surface area contributed by atoms with Gasteiger partial charge in [-0.1, -0.05) is 35.9 Å². The van der Waals surface area contributed by atoms with Crippen LogP contribution in [0.15, 0.2) is 78.4 Å². The van der Waals surface area contributed by atoms with E-state index in [1.54, 1.807) is 36.4 Å². The van der Waals surface area contributed by atoms with Gasteiger partial charge >= 0.3 is 6.03 Å². The second kappa shape index (κ2) is 9.92. The average molecular weight is 471 g/mol. The fraction of sp³-hybridized carbons (Fsp3) is 0.0769. The number of carbonyl (C=O) groups is 4. The van der Waals surface area contributed by atoms with Crippen LogP contribution >= 0.6 is 0 Å². The predicted octanol–water partition coefficient (Wildman–Crippen LogP) is 3.38. The summed E-state index contributed by atoms with van der Waals surface area (Å²) in [6.07, 6.45) is 1.30. The zero-order chi connectivity index (χ0) is 24.9. The number of amides is 5. The zero-order valence-electron chi connectivity index (χ0n) is 18.6. The van der Waals surface area contributed by atoms with Crippen molar-refractivity contribution in [1.82, 2.24) is 5.32 Å². The van der Waals surface area contributed by atoms with E-state index in [0.29, 0.717) is 11.3 Å². The largest absolute Gasteiger partial charge is 0.508 e. The van der Waals surface area contributed by atoms with Crippen molar-refractivity contribution in [2.24, 2.45) is 0 Å². The van der Waals surface area contributed by atoms with Gasteiger partial charge in [0.05, 0.1) is 5.69 Å². The number of benzene rings is 3. The fourth-order valence-corrected chi connectivity index (χ4v) is 3.36. The van der Waals surface area contributed by atoms with Crippen molar-refractivity contribution in [3.63, 3.8) is 0 Å². The molecule has 3 aromatic carbocycles. The number of urea groups is 1. The summed E-state index contributed by atoms with van der Waals surface area (Å²) in [5.74, 6) is -1.85. The third-order valence-electron chi connectivity index (χ3n) is 5.12. The molecular weight excluding hydrogens is 450 g/mol. The van der Waals surface area contributed by atoms with E-state index >= 15 is 0 Å². The summed E-state index contributed by atoms with van der Waals surface area (Å²) >= 11 is 0. The number of ether oxygens (including phenoxy) is 1. The van der Waals surface area contributed by atoms with Gasteiger partial charge in [0.1, 0.15) is 17.1 Å². The van der Waals surface area contributed by atoms with E-state index < -0.39 is 17.8 Å². The Hall–Kier alpha value is -4.92. The van der Waals surface area contributed by atoms with Gasteiger partial charge in [-0.05, 0) is 55.5 Å². The number of para-hydroxylation sites is 1. The van der Waals surface area contributed by atoms with Crippen LogP contribution in [0.5, 0.6) is 11.5 Å². The number of hydrogen-bond donors (Lipinski definition) is 3. The van der Waals surface area contributed by atoms with Crippen LogP contribution in [0.2, 0.25) is 0 Å². The number of aryl methyl sites for hydroxylation is 1. The number of aromatic hydroxyl groups is 1. The molecule has 0 radical (unpaired) electrons. The van der Waals surface area contributed by atoms with Crippen LogP contribution in [-0.4, -0.2) is 35.5 Å². The van der Waals surface area contributed by atoms with Gasteiger partial charge in [0, 0.05) is 11.3 Å². The SMILES string of the molecule is Cc1ccc(NC(=O)COc2ccccc2/C=C2\C(=O)NC(=O)N(c3ccc(O)cc3)C2=O)cc1. The third-order valence-corrected chi connectivity index (χ3v) is 5.12. The average Bonchev–Trinajstić information content (AvgIpc) is 2.83. The number of phenols is 1. The zero-order valence-corrected chi connectivity index (χ0v) is 18.6. The van der Waals surface area contributed by atoms with Gasteiger partial charge in [0.2, 0.25) is 0 Å². The summed E-state index contributed by atoms with van der Waals surface area (Å²) < 4.78 is 5.64. The quantitative estimate of drug-likeness (QED) is 0.374. The molecule has 1 aliphatic heterocycles. The molecule has 1 heterocycles. The number of anilines is 2. The molecule has 176 valence electrons. The number of phenolic OH excluding ortho intramolecular Hbond substituents is 1. The first-order valence-corrected chi connectivity index (χ1v) is 10.6. The van der Waals surface area contributed by atoms with Gasteiger partial charge in [-0.2, -0.15) is 0 Å². The number of hydrogen-bond acceptors (Lipinski definition) is 6. The van der Waals surface area contributed by atoms with Crippen LogP contribution in [0.4, 0.5) is 16.2 Å². The van der Waals surface area contributed by atoms with Crippen molar-refractivity contribution in [3.8, 4) is 11.5 Å². The van der Waals surface area contributed by atoms with Gasteiger partial charge in [0.15, 0.2) is 6.61 Å². The molecule has 1 aliphatic rings.